The van der Waals surface area contributed by atoms with Crippen molar-refractivity contribution in [1.29, 1.82) is 0 Å². The molecule has 2 amide bonds. The molecule has 0 saturated carbocycles. The van der Waals surface area contributed by atoms with Gasteiger partial charge in [-0.1, -0.05) is 23.7 Å². The highest BCUT2D eigenvalue weighted by Crippen LogP contribution is 2.35. The predicted octanol–water partition coefficient (Wildman–Crippen LogP) is 3.95. The molecule has 0 radical (unpaired) electrons. The van der Waals surface area contributed by atoms with Crippen LogP contribution in [0, 0.1) is 0 Å². The Labute approximate surface area is 182 Å². The van der Waals surface area contributed by atoms with Crippen LogP contribution in [0.1, 0.15) is 22.3 Å². The molecule has 3 rings (SSSR count). The second-order valence-corrected chi connectivity index (χ2v) is 7.27. The van der Waals surface area contributed by atoms with E-state index in [-0.39, 0.29) is 29.2 Å². The third-order valence-electron chi connectivity index (χ3n) is 4.71. The minimum Gasteiger partial charge on any atom is -0.378 e. The monoisotopic (exact) mass is 455 g/mol. The summed E-state index contributed by atoms with van der Waals surface area (Å²) in [6.07, 6.45) is -4.65. The van der Waals surface area contributed by atoms with Crippen LogP contribution < -0.4 is 15.5 Å². The summed E-state index contributed by atoms with van der Waals surface area (Å²) < 4.78 is 44.8. The number of ether oxygens (including phenoxy) is 1. The van der Waals surface area contributed by atoms with Crippen molar-refractivity contribution in [2.75, 3.05) is 43.1 Å². The Morgan fingerprint density at radius 2 is 1.81 bits per heavy atom. The number of alkyl halides is 3. The van der Waals surface area contributed by atoms with Crippen molar-refractivity contribution in [3.05, 3.63) is 58.6 Å². The first-order valence-electron chi connectivity index (χ1n) is 9.62. The maximum atomic E-state index is 13.2. The Bertz CT molecular complexity index is 947. The van der Waals surface area contributed by atoms with E-state index in [1.807, 2.05) is 4.90 Å². The molecule has 2 aromatic carbocycles. The van der Waals surface area contributed by atoms with E-state index in [4.69, 9.17) is 16.3 Å². The fourth-order valence-corrected chi connectivity index (χ4v) is 3.36. The number of carbonyl (C=O) groups is 2. The van der Waals surface area contributed by atoms with E-state index in [9.17, 15) is 22.8 Å². The van der Waals surface area contributed by atoms with Gasteiger partial charge in [0.05, 0.1) is 40.7 Å². The number of hydrogen-bond donors (Lipinski definition) is 2. The molecule has 0 aromatic heterocycles. The Hall–Kier alpha value is -2.78. The summed E-state index contributed by atoms with van der Waals surface area (Å²) in [6.45, 7) is 1.90. The van der Waals surface area contributed by atoms with Crippen molar-refractivity contribution in [2.45, 2.75) is 12.6 Å². The summed E-state index contributed by atoms with van der Waals surface area (Å²) in [5, 5.41) is 5.41. The molecule has 6 nitrogen and oxygen atoms in total. The molecule has 2 aromatic rings. The molecule has 0 spiro atoms. The van der Waals surface area contributed by atoms with Crippen LogP contribution in [0.4, 0.5) is 24.5 Å². The molecule has 1 fully saturated rings. The lowest BCUT2D eigenvalue weighted by molar-refractivity contribution is -0.137. The second kappa shape index (κ2) is 10.0. The van der Waals surface area contributed by atoms with Gasteiger partial charge in [0.15, 0.2) is 0 Å². The second-order valence-electron chi connectivity index (χ2n) is 6.86. The van der Waals surface area contributed by atoms with Crippen LogP contribution in [0.2, 0.25) is 5.02 Å². The maximum absolute atomic E-state index is 13.2. The standard InChI is InChI=1S/C21H21ClF3N3O3/c22-16-4-2-1-3-15(16)20(30)26-8-7-19(29)27-17-13-14(21(23,24)25)5-6-18(17)28-9-11-31-12-10-28/h1-6,13H,7-12H2,(H,26,30)(H,27,29). The van der Waals surface area contributed by atoms with Crippen LogP contribution in [0.15, 0.2) is 42.5 Å². The van der Waals surface area contributed by atoms with E-state index < -0.39 is 23.6 Å². The van der Waals surface area contributed by atoms with Gasteiger partial charge in [-0.25, -0.2) is 0 Å². The van der Waals surface area contributed by atoms with Gasteiger partial charge in [-0.15, -0.1) is 0 Å². The number of morpholine rings is 1. The summed E-state index contributed by atoms with van der Waals surface area (Å²) in [5.41, 5.74) is -0.0206. The molecule has 166 valence electrons. The molecule has 1 aliphatic heterocycles. The number of rotatable bonds is 6. The first-order chi connectivity index (χ1) is 14.8. The number of amides is 2. The predicted molar refractivity (Wildman–Crippen MR) is 112 cm³/mol. The molecule has 0 unspecified atom stereocenters. The van der Waals surface area contributed by atoms with E-state index in [0.29, 0.717) is 32.0 Å². The molecular weight excluding hydrogens is 435 g/mol. The third-order valence-corrected chi connectivity index (χ3v) is 5.04. The van der Waals surface area contributed by atoms with Gasteiger partial charge in [0, 0.05) is 26.1 Å². The summed E-state index contributed by atoms with van der Waals surface area (Å²) in [5.74, 6) is -0.959. The quantitative estimate of drug-likeness (QED) is 0.692. The number of carbonyl (C=O) groups excluding carboxylic acids is 2. The average molecular weight is 456 g/mol. The highest BCUT2D eigenvalue weighted by atomic mass is 35.5. The molecule has 1 saturated heterocycles. The van der Waals surface area contributed by atoms with Gasteiger partial charge in [0.2, 0.25) is 5.91 Å². The Morgan fingerprint density at radius 3 is 2.48 bits per heavy atom. The molecule has 0 aliphatic carbocycles. The van der Waals surface area contributed by atoms with Crippen molar-refractivity contribution in [3.8, 4) is 0 Å². The van der Waals surface area contributed by atoms with Crippen LogP contribution in [-0.4, -0.2) is 44.7 Å². The zero-order valence-electron chi connectivity index (χ0n) is 16.5. The number of anilines is 2. The number of nitrogens with zero attached hydrogens (tertiary/aromatic N) is 1. The van der Waals surface area contributed by atoms with Gasteiger partial charge >= 0.3 is 6.18 Å². The molecular formula is C21H21ClF3N3O3. The Kier molecular flexibility index (Phi) is 7.40. The van der Waals surface area contributed by atoms with Crippen LogP contribution in [0.3, 0.4) is 0 Å². The minimum atomic E-state index is -4.54. The van der Waals surface area contributed by atoms with Crippen molar-refractivity contribution < 1.29 is 27.5 Å². The summed E-state index contributed by atoms with van der Waals surface area (Å²) in [4.78, 5) is 26.4. The first kappa shape index (κ1) is 22.9. The third kappa shape index (κ3) is 6.11. The zero-order valence-corrected chi connectivity index (χ0v) is 17.2. The number of hydrogen-bond acceptors (Lipinski definition) is 4. The molecule has 1 aliphatic rings. The smallest absolute Gasteiger partial charge is 0.378 e. The van der Waals surface area contributed by atoms with Gasteiger partial charge in [0.1, 0.15) is 0 Å². The number of benzene rings is 2. The topological polar surface area (TPSA) is 70.7 Å². The van der Waals surface area contributed by atoms with Crippen LogP contribution in [0.5, 0.6) is 0 Å². The van der Waals surface area contributed by atoms with Crippen molar-refractivity contribution >= 4 is 34.8 Å². The van der Waals surface area contributed by atoms with E-state index in [2.05, 4.69) is 10.6 Å². The Morgan fingerprint density at radius 1 is 1.10 bits per heavy atom. The lowest BCUT2D eigenvalue weighted by Crippen LogP contribution is -2.37. The van der Waals surface area contributed by atoms with Crippen molar-refractivity contribution in [2.24, 2.45) is 0 Å². The fourth-order valence-electron chi connectivity index (χ4n) is 3.14. The van der Waals surface area contributed by atoms with E-state index >= 15 is 0 Å². The van der Waals surface area contributed by atoms with E-state index in [1.54, 1.807) is 24.3 Å². The molecule has 1 heterocycles. The van der Waals surface area contributed by atoms with Gasteiger partial charge in [-0.2, -0.15) is 13.2 Å². The lowest BCUT2D eigenvalue weighted by atomic mass is 10.1. The zero-order chi connectivity index (χ0) is 22.4. The largest absolute Gasteiger partial charge is 0.416 e. The maximum Gasteiger partial charge on any atom is 0.416 e. The molecule has 2 N–H and O–H groups in total. The van der Waals surface area contributed by atoms with Gasteiger partial charge in [-0.05, 0) is 30.3 Å². The average Bonchev–Trinajstić information content (AvgIpc) is 2.74. The SMILES string of the molecule is O=C(CCNC(=O)c1ccccc1Cl)Nc1cc(C(F)(F)F)ccc1N1CCOCC1. The summed E-state index contributed by atoms with van der Waals surface area (Å²) in [6, 6.07) is 9.74. The van der Waals surface area contributed by atoms with Crippen LogP contribution in [-0.2, 0) is 15.7 Å². The summed E-state index contributed by atoms with van der Waals surface area (Å²) in [7, 11) is 0. The van der Waals surface area contributed by atoms with Gasteiger partial charge in [0.25, 0.3) is 5.91 Å². The summed E-state index contributed by atoms with van der Waals surface area (Å²) >= 11 is 5.97. The van der Waals surface area contributed by atoms with Crippen LogP contribution in [0.25, 0.3) is 0 Å². The number of halogens is 4. The highest BCUT2D eigenvalue weighted by molar-refractivity contribution is 6.33. The minimum absolute atomic E-state index is 0.00173. The normalized spacial score (nSPS) is 14.3. The first-order valence-corrected chi connectivity index (χ1v) is 10.00. The lowest BCUT2D eigenvalue weighted by Gasteiger charge is -2.31. The Balaban J connectivity index is 1.66. The van der Waals surface area contributed by atoms with E-state index in [1.165, 1.54) is 6.07 Å². The molecule has 10 heteroatoms. The van der Waals surface area contributed by atoms with Crippen LogP contribution >= 0.6 is 11.6 Å². The van der Waals surface area contributed by atoms with E-state index in [0.717, 1.165) is 12.1 Å². The van der Waals surface area contributed by atoms with Gasteiger partial charge < -0.3 is 20.3 Å². The molecule has 0 atom stereocenters. The van der Waals surface area contributed by atoms with Crippen molar-refractivity contribution in [3.63, 3.8) is 0 Å². The van der Waals surface area contributed by atoms with Gasteiger partial charge in [-0.3, -0.25) is 9.59 Å². The highest BCUT2D eigenvalue weighted by Gasteiger charge is 2.32. The number of nitrogens with one attached hydrogen (secondary N) is 2. The molecule has 31 heavy (non-hydrogen) atoms. The fraction of sp³-hybridized carbons (Fsp3) is 0.333. The molecule has 0 bridgehead atoms. The van der Waals surface area contributed by atoms with Crippen molar-refractivity contribution in [1.82, 2.24) is 5.32 Å².